The first-order valence-corrected chi connectivity index (χ1v) is 7.23. The van der Waals surface area contributed by atoms with E-state index in [1.807, 2.05) is 6.07 Å². The minimum absolute atomic E-state index is 0.0187. The van der Waals surface area contributed by atoms with Crippen LogP contribution in [0.5, 0.6) is 0 Å². The van der Waals surface area contributed by atoms with Crippen molar-refractivity contribution in [2.45, 2.75) is 42.8 Å². The molecule has 0 saturated heterocycles. The molecule has 0 saturated carbocycles. The van der Waals surface area contributed by atoms with E-state index >= 15 is 0 Å². The molecule has 2 rings (SSSR count). The summed E-state index contributed by atoms with van der Waals surface area (Å²) < 4.78 is 14.1. The van der Waals surface area contributed by atoms with Crippen molar-refractivity contribution >= 4 is 11.8 Å². The Bertz CT molecular complexity index is 567. The zero-order valence-electron chi connectivity index (χ0n) is 11.9. The molecule has 0 spiro atoms. The van der Waals surface area contributed by atoms with Crippen molar-refractivity contribution in [3.05, 3.63) is 48.2 Å². The summed E-state index contributed by atoms with van der Waals surface area (Å²) in [4.78, 5) is 8.50. The lowest BCUT2D eigenvalue weighted by Crippen LogP contribution is -2.35. The third-order valence-electron chi connectivity index (χ3n) is 2.59. The highest BCUT2D eigenvalue weighted by Crippen LogP contribution is 2.28. The van der Waals surface area contributed by atoms with Crippen LogP contribution in [0.15, 0.2) is 46.7 Å². The average Bonchev–Trinajstić information content (AvgIpc) is 2.40. The van der Waals surface area contributed by atoms with Gasteiger partial charge in [0.05, 0.1) is 0 Å². The second-order valence-electron chi connectivity index (χ2n) is 5.52. The molecular weight excluding hydrogens is 273 g/mol. The Kier molecular flexibility index (Phi) is 4.73. The van der Waals surface area contributed by atoms with Gasteiger partial charge in [0.2, 0.25) is 0 Å². The van der Waals surface area contributed by atoms with Crippen LogP contribution in [-0.2, 0) is 6.54 Å². The van der Waals surface area contributed by atoms with Crippen LogP contribution in [0.1, 0.15) is 26.3 Å². The normalized spacial score (nSPS) is 11.6. The van der Waals surface area contributed by atoms with Gasteiger partial charge in [-0.2, -0.15) is 0 Å². The maximum absolute atomic E-state index is 14.1. The second-order valence-corrected chi connectivity index (χ2v) is 6.58. The standard InChI is InChI=1S/C15H18FN3S/c1-15(2,3)19-9-11-4-5-13(12(16)8-11)20-14-6-7-17-10-18-14/h4-8,10,19H,9H2,1-3H3. The van der Waals surface area contributed by atoms with Crippen molar-refractivity contribution < 1.29 is 4.39 Å². The van der Waals surface area contributed by atoms with E-state index in [-0.39, 0.29) is 11.4 Å². The number of hydrogen-bond donors (Lipinski definition) is 1. The first kappa shape index (κ1) is 14.9. The lowest BCUT2D eigenvalue weighted by Gasteiger charge is -2.20. The monoisotopic (exact) mass is 291 g/mol. The smallest absolute Gasteiger partial charge is 0.137 e. The van der Waals surface area contributed by atoms with Gasteiger partial charge in [0, 0.05) is 23.2 Å². The maximum Gasteiger partial charge on any atom is 0.137 e. The maximum atomic E-state index is 14.1. The van der Waals surface area contributed by atoms with E-state index in [1.165, 1.54) is 18.1 Å². The first-order valence-electron chi connectivity index (χ1n) is 6.41. The fourth-order valence-electron chi connectivity index (χ4n) is 1.56. The van der Waals surface area contributed by atoms with Gasteiger partial charge >= 0.3 is 0 Å². The molecule has 2 aromatic rings. The molecule has 1 aromatic heterocycles. The Morgan fingerprint density at radius 3 is 2.65 bits per heavy atom. The summed E-state index contributed by atoms with van der Waals surface area (Å²) in [6.07, 6.45) is 3.11. The fraction of sp³-hybridized carbons (Fsp3) is 0.333. The van der Waals surface area contributed by atoms with E-state index < -0.39 is 0 Å². The molecule has 0 fully saturated rings. The summed E-state index contributed by atoms with van der Waals surface area (Å²) in [5, 5.41) is 4.08. The van der Waals surface area contributed by atoms with Crippen LogP contribution in [-0.4, -0.2) is 15.5 Å². The van der Waals surface area contributed by atoms with Crippen molar-refractivity contribution in [2.75, 3.05) is 0 Å². The van der Waals surface area contributed by atoms with Gasteiger partial charge in [0.15, 0.2) is 0 Å². The van der Waals surface area contributed by atoms with Crippen molar-refractivity contribution in [3.63, 3.8) is 0 Å². The number of rotatable bonds is 4. The molecule has 1 heterocycles. The average molecular weight is 291 g/mol. The number of hydrogen-bond acceptors (Lipinski definition) is 4. The van der Waals surface area contributed by atoms with Crippen LogP contribution in [0.4, 0.5) is 4.39 Å². The van der Waals surface area contributed by atoms with Crippen molar-refractivity contribution in [1.29, 1.82) is 0 Å². The van der Waals surface area contributed by atoms with Crippen molar-refractivity contribution in [2.24, 2.45) is 0 Å². The van der Waals surface area contributed by atoms with Gasteiger partial charge in [-0.25, -0.2) is 14.4 Å². The number of halogens is 1. The first-order chi connectivity index (χ1) is 9.44. The Hall–Kier alpha value is -1.46. The molecule has 1 N–H and O–H groups in total. The molecule has 0 aliphatic carbocycles. The number of nitrogens with zero attached hydrogens (tertiary/aromatic N) is 2. The van der Waals surface area contributed by atoms with Crippen LogP contribution in [0.25, 0.3) is 0 Å². The summed E-state index contributed by atoms with van der Waals surface area (Å²) in [7, 11) is 0. The highest BCUT2D eigenvalue weighted by atomic mass is 32.2. The molecule has 106 valence electrons. The minimum atomic E-state index is -0.221. The molecule has 3 nitrogen and oxygen atoms in total. The molecule has 1 aromatic carbocycles. The highest BCUT2D eigenvalue weighted by Gasteiger charge is 2.10. The van der Waals surface area contributed by atoms with Crippen LogP contribution in [0, 0.1) is 5.82 Å². The number of nitrogens with one attached hydrogen (secondary N) is 1. The Balaban J connectivity index is 2.06. The van der Waals surface area contributed by atoms with E-state index in [1.54, 1.807) is 24.4 Å². The molecule has 0 atom stereocenters. The molecule has 0 radical (unpaired) electrons. The fourth-order valence-corrected chi connectivity index (χ4v) is 2.30. The summed E-state index contributed by atoms with van der Waals surface area (Å²) in [5.74, 6) is -0.221. The summed E-state index contributed by atoms with van der Waals surface area (Å²) in [5.41, 5.74) is 0.953. The predicted octanol–water partition coefficient (Wildman–Crippen LogP) is 3.66. The molecule has 0 unspecified atom stereocenters. The molecule has 5 heteroatoms. The molecule has 20 heavy (non-hydrogen) atoms. The lowest BCUT2D eigenvalue weighted by molar-refractivity contribution is 0.423. The zero-order chi connectivity index (χ0) is 14.6. The van der Waals surface area contributed by atoms with Crippen LogP contribution < -0.4 is 5.32 Å². The summed E-state index contributed by atoms with van der Waals surface area (Å²) in [6, 6.07) is 7.06. The zero-order valence-corrected chi connectivity index (χ0v) is 12.7. The largest absolute Gasteiger partial charge is 0.308 e. The van der Waals surface area contributed by atoms with Crippen LogP contribution in [0.3, 0.4) is 0 Å². The Labute approximate surface area is 123 Å². The van der Waals surface area contributed by atoms with E-state index in [0.717, 1.165) is 10.6 Å². The minimum Gasteiger partial charge on any atom is -0.308 e. The summed E-state index contributed by atoms with van der Waals surface area (Å²) in [6.45, 7) is 6.91. The molecule has 0 amide bonds. The Morgan fingerprint density at radius 2 is 2.05 bits per heavy atom. The molecular formula is C15H18FN3S. The topological polar surface area (TPSA) is 37.8 Å². The quantitative estimate of drug-likeness (QED) is 0.873. The molecule has 0 aliphatic heterocycles. The van der Waals surface area contributed by atoms with Gasteiger partial charge in [-0.05, 0) is 44.5 Å². The third-order valence-corrected chi connectivity index (χ3v) is 3.59. The van der Waals surface area contributed by atoms with Gasteiger partial charge in [0.1, 0.15) is 17.2 Å². The number of aromatic nitrogens is 2. The van der Waals surface area contributed by atoms with Gasteiger partial charge in [-0.1, -0.05) is 17.8 Å². The predicted molar refractivity (Wildman–Crippen MR) is 79.1 cm³/mol. The highest BCUT2D eigenvalue weighted by molar-refractivity contribution is 7.99. The van der Waals surface area contributed by atoms with Gasteiger partial charge < -0.3 is 5.32 Å². The van der Waals surface area contributed by atoms with Crippen molar-refractivity contribution in [1.82, 2.24) is 15.3 Å². The van der Waals surface area contributed by atoms with Gasteiger partial charge in [0.25, 0.3) is 0 Å². The molecule has 0 aliphatic rings. The van der Waals surface area contributed by atoms with Crippen LogP contribution in [0.2, 0.25) is 0 Å². The SMILES string of the molecule is CC(C)(C)NCc1ccc(Sc2ccncn2)c(F)c1. The van der Waals surface area contributed by atoms with Crippen LogP contribution >= 0.6 is 11.8 Å². The summed E-state index contributed by atoms with van der Waals surface area (Å²) >= 11 is 1.30. The second kappa shape index (κ2) is 6.33. The molecule has 0 bridgehead atoms. The Morgan fingerprint density at radius 1 is 1.25 bits per heavy atom. The van der Waals surface area contributed by atoms with Gasteiger partial charge in [-0.3, -0.25) is 0 Å². The van der Waals surface area contributed by atoms with E-state index in [2.05, 4.69) is 36.1 Å². The third kappa shape index (κ3) is 4.58. The van der Waals surface area contributed by atoms with Gasteiger partial charge in [-0.15, -0.1) is 0 Å². The van der Waals surface area contributed by atoms with E-state index in [0.29, 0.717) is 11.4 Å². The lowest BCUT2D eigenvalue weighted by atomic mass is 10.1. The van der Waals surface area contributed by atoms with Crippen molar-refractivity contribution in [3.8, 4) is 0 Å². The van der Waals surface area contributed by atoms with E-state index in [4.69, 9.17) is 0 Å². The van der Waals surface area contributed by atoms with E-state index in [9.17, 15) is 4.39 Å². The number of benzene rings is 1.